The van der Waals surface area contributed by atoms with E-state index in [1.807, 2.05) is 0 Å². The van der Waals surface area contributed by atoms with Gasteiger partial charge in [0.1, 0.15) is 0 Å². The van der Waals surface area contributed by atoms with Gasteiger partial charge in [0.25, 0.3) is 11.6 Å². The molecule has 0 spiro atoms. The van der Waals surface area contributed by atoms with Crippen LogP contribution in [-0.2, 0) is 24.2 Å². The van der Waals surface area contributed by atoms with Crippen LogP contribution in [0.15, 0.2) is 53.4 Å². The van der Waals surface area contributed by atoms with Crippen molar-refractivity contribution in [1.82, 2.24) is 0 Å². The topological polar surface area (TPSA) is 133 Å². The Labute approximate surface area is 161 Å². The number of hydrogen-bond acceptors (Lipinski definition) is 7. The van der Waals surface area contributed by atoms with Crippen molar-refractivity contribution in [3.05, 3.63) is 64.2 Å². The standard InChI is InChI=1S/C18H18N2O7S/c1-13-7-8-14(11-16(13)20(23)24)19-17(21)12-27-18(22)9-10-28(25,26)15-5-3-2-4-6-15/h2-8,11H,9-10,12H2,1H3,(H,19,21). The highest BCUT2D eigenvalue weighted by Gasteiger charge is 2.18. The first-order valence-electron chi connectivity index (χ1n) is 8.17. The highest BCUT2D eigenvalue weighted by molar-refractivity contribution is 7.91. The average Bonchev–Trinajstić information content (AvgIpc) is 2.67. The number of amides is 1. The van der Waals surface area contributed by atoms with Crippen LogP contribution in [0.1, 0.15) is 12.0 Å². The highest BCUT2D eigenvalue weighted by Crippen LogP contribution is 2.22. The molecule has 2 aromatic carbocycles. The van der Waals surface area contributed by atoms with Gasteiger partial charge in [-0.3, -0.25) is 19.7 Å². The molecule has 0 bridgehead atoms. The lowest BCUT2D eigenvalue weighted by Crippen LogP contribution is -2.22. The summed E-state index contributed by atoms with van der Waals surface area (Å²) in [6.45, 7) is 0.931. The minimum Gasteiger partial charge on any atom is -0.456 e. The average molecular weight is 406 g/mol. The summed E-state index contributed by atoms with van der Waals surface area (Å²) in [5, 5.41) is 13.3. The summed E-state index contributed by atoms with van der Waals surface area (Å²) in [5.74, 6) is -1.98. The second-order valence-corrected chi connectivity index (χ2v) is 7.96. The number of nitro benzene ring substituents is 1. The molecule has 0 unspecified atom stereocenters. The summed E-state index contributed by atoms with van der Waals surface area (Å²) in [4.78, 5) is 34.0. The number of nitro groups is 1. The molecule has 0 saturated carbocycles. The highest BCUT2D eigenvalue weighted by atomic mass is 32.2. The zero-order valence-corrected chi connectivity index (χ0v) is 15.8. The van der Waals surface area contributed by atoms with Crippen molar-refractivity contribution in [3.63, 3.8) is 0 Å². The first kappa shape index (κ1) is 21.0. The first-order chi connectivity index (χ1) is 13.2. The summed E-state index contributed by atoms with van der Waals surface area (Å²) in [6.07, 6.45) is -0.402. The molecule has 1 amide bonds. The van der Waals surface area contributed by atoms with Gasteiger partial charge < -0.3 is 10.1 Å². The Morgan fingerprint density at radius 1 is 1.14 bits per heavy atom. The fourth-order valence-corrected chi connectivity index (χ4v) is 3.51. The number of carbonyl (C=O) groups is 2. The summed E-state index contributed by atoms with van der Waals surface area (Å²) < 4.78 is 28.9. The third-order valence-corrected chi connectivity index (χ3v) is 5.46. The third-order valence-electron chi connectivity index (χ3n) is 3.73. The van der Waals surface area contributed by atoms with Crippen molar-refractivity contribution in [1.29, 1.82) is 0 Å². The van der Waals surface area contributed by atoms with E-state index >= 15 is 0 Å². The Balaban J connectivity index is 1.84. The smallest absolute Gasteiger partial charge is 0.307 e. The number of sulfone groups is 1. The van der Waals surface area contributed by atoms with Crippen LogP contribution >= 0.6 is 0 Å². The molecule has 2 rings (SSSR count). The molecular formula is C18H18N2O7S. The molecule has 0 heterocycles. The lowest BCUT2D eigenvalue weighted by atomic mass is 10.2. The molecule has 0 atom stereocenters. The maximum atomic E-state index is 12.1. The van der Waals surface area contributed by atoms with Gasteiger partial charge in [0.15, 0.2) is 16.4 Å². The molecule has 0 aliphatic heterocycles. The van der Waals surface area contributed by atoms with E-state index in [0.717, 1.165) is 0 Å². The molecule has 2 aromatic rings. The number of hydrogen-bond donors (Lipinski definition) is 1. The largest absolute Gasteiger partial charge is 0.456 e. The van der Waals surface area contributed by atoms with Gasteiger partial charge in [0, 0.05) is 17.3 Å². The Hall–Kier alpha value is -3.27. The Morgan fingerprint density at radius 2 is 1.82 bits per heavy atom. The number of esters is 1. The predicted octanol–water partition coefficient (Wildman–Crippen LogP) is 2.25. The van der Waals surface area contributed by atoms with E-state index in [0.29, 0.717) is 5.56 Å². The fraction of sp³-hybridized carbons (Fsp3) is 0.222. The van der Waals surface area contributed by atoms with Crippen molar-refractivity contribution >= 4 is 33.1 Å². The molecule has 0 aromatic heterocycles. The first-order valence-corrected chi connectivity index (χ1v) is 9.82. The van der Waals surface area contributed by atoms with Crippen molar-refractivity contribution in [2.75, 3.05) is 17.7 Å². The zero-order chi connectivity index (χ0) is 20.7. The quantitative estimate of drug-likeness (QED) is 0.404. The van der Waals surface area contributed by atoms with Crippen molar-refractivity contribution in [2.45, 2.75) is 18.2 Å². The van der Waals surface area contributed by atoms with E-state index < -0.39 is 45.4 Å². The monoisotopic (exact) mass is 406 g/mol. The Kier molecular flexibility index (Phi) is 6.83. The molecule has 0 fully saturated rings. The number of benzene rings is 2. The Bertz CT molecular complexity index is 988. The lowest BCUT2D eigenvalue weighted by molar-refractivity contribution is -0.385. The van der Waals surface area contributed by atoms with Crippen molar-refractivity contribution in [3.8, 4) is 0 Å². The molecule has 1 N–H and O–H groups in total. The van der Waals surface area contributed by atoms with Gasteiger partial charge in [0.2, 0.25) is 0 Å². The van der Waals surface area contributed by atoms with Gasteiger partial charge in [0.05, 0.1) is 22.0 Å². The van der Waals surface area contributed by atoms with Gasteiger partial charge >= 0.3 is 5.97 Å². The number of rotatable bonds is 8. The van der Waals surface area contributed by atoms with E-state index in [-0.39, 0.29) is 16.3 Å². The van der Waals surface area contributed by atoms with E-state index in [1.54, 1.807) is 25.1 Å². The van der Waals surface area contributed by atoms with Crippen LogP contribution in [0.2, 0.25) is 0 Å². The second kappa shape index (κ2) is 9.09. The fourth-order valence-electron chi connectivity index (χ4n) is 2.26. The van der Waals surface area contributed by atoms with Crippen LogP contribution in [0.25, 0.3) is 0 Å². The number of anilines is 1. The maximum Gasteiger partial charge on any atom is 0.307 e. The molecule has 0 saturated heterocycles. The normalized spacial score (nSPS) is 10.9. The summed E-state index contributed by atoms with van der Waals surface area (Å²) in [7, 11) is -3.62. The van der Waals surface area contributed by atoms with Gasteiger partial charge in [-0.05, 0) is 25.1 Å². The van der Waals surface area contributed by atoms with Gasteiger partial charge in [-0.15, -0.1) is 0 Å². The van der Waals surface area contributed by atoms with E-state index in [1.165, 1.54) is 30.3 Å². The van der Waals surface area contributed by atoms with Crippen LogP contribution in [0, 0.1) is 17.0 Å². The molecule has 0 aliphatic carbocycles. The van der Waals surface area contributed by atoms with Gasteiger partial charge in [-0.2, -0.15) is 0 Å². The molecule has 148 valence electrons. The maximum absolute atomic E-state index is 12.1. The molecule has 28 heavy (non-hydrogen) atoms. The predicted molar refractivity (Wildman–Crippen MR) is 101 cm³/mol. The number of aryl methyl sites for hydroxylation is 1. The number of carbonyl (C=O) groups excluding carboxylic acids is 2. The van der Waals surface area contributed by atoms with Crippen LogP contribution in [-0.4, -0.2) is 37.6 Å². The van der Waals surface area contributed by atoms with Crippen LogP contribution in [0.5, 0.6) is 0 Å². The number of nitrogens with one attached hydrogen (secondary N) is 1. The second-order valence-electron chi connectivity index (χ2n) is 5.85. The van der Waals surface area contributed by atoms with E-state index in [9.17, 15) is 28.1 Å². The molecular weight excluding hydrogens is 388 g/mol. The lowest BCUT2D eigenvalue weighted by Gasteiger charge is -2.08. The summed E-state index contributed by atoms with van der Waals surface area (Å²) in [5.41, 5.74) is 0.472. The van der Waals surface area contributed by atoms with Gasteiger partial charge in [-0.1, -0.05) is 24.3 Å². The minimum absolute atomic E-state index is 0.0986. The van der Waals surface area contributed by atoms with Crippen LogP contribution < -0.4 is 5.32 Å². The Morgan fingerprint density at radius 3 is 2.46 bits per heavy atom. The van der Waals surface area contributed by atoms with Crippen molar-refractivity contribution < 1.29 is 27.7 Å². The molecule has 0 radical (unpaired) electrons. The van der Waals surface area contributed by atoms with Crippen LogP contribution in [0.4, 0.5) is 11.4 Å². The molecule has 10 heteroatoms. The molecule has 9 nitrogen and oxygen atoms in total. The third kappa shape index (κ3) is 5.88. The number of ether oxygens (including phenoxy) is 1. The minimum atomic E-state index is -3.62. The van der Waals surface area contributed by atoms with Crippen LogP contribution in [0.3, 0.4) is 0 Å². The van der Waals surface area contributed by atoms with E-state index in [4.69, 9.17) is 4.74 Å². The SMILES string of the molecule is Cc1ccc(NC(=O)COC(=O)CCS(=O)(=O)c2ccccc2)cc1[N+](=O)[O-]. The summed E-state index contributed by atoms with van der Waals surface area (Å²) >= 11 is 0. The zero-order valence-electron chi connectivity index (χ0n) is 15.0. The summed E-state index contributed by atoms with van der Waals surface area (Å²) in [6, 6.07) is 11.8. The molecule has 0 aliphatic rings. The number of nitrogens with zero attached hydrogens (tertiary/aromatic N) is 1. The van der Waals surface area contributed by atoms with E-state index in [2.05, 4.69) is 5.32 Å². The van der Waals surface area contributed by atoms with Crippen molar-refractivity contribution in [2.24, 2.45) is 0 Å². The van der Waals surface area contributed by atoms with Gasteiger partial charge in [-0.25, -0.2) is 8.42 Å².